The fraction of sp³-hybridized carbons (Fsp3) is 0.467. The molecule has 6 nitrogen and oxygen atoms in total. The van der Waals surface area contributed by atoms with Crippen LogP contribution in [0.5, 0.6) is 11.5 Å². The normalized spacial score (nSPS) is 18.2. The Labute approximate surface area is 123 Å². The lowest BCUT2D eigenvalue weighted by molar-refractivity contribution is -0.146. The van der Waals surface area contributed by atoms with E-state index in [-0.39, 0.29) is 29.1 Å². The number of hydrogen-bond donors (Lipinski definition) is 1. The van der Waals surface area contributed by atoms with Gasteiger partial charge >= 0.3 is 5.97 Å². The summed E-state index contributed by atoms with van der Waals surface area (Å²) >= 11 is 0. The van der Waals surface area contributed by atoms with E-state index >= 15 is 0 Å². The number of methoxy groups -OCH3 is 2. The number of rotatable bonds is 3. The standard InChI is InChI=1S/C15H19NO5/c1-20-11-5-6-13(17)12(8-11)14(18)16-7-3-4-10(9-16)15(19)21-2/h5-6,8,10,17H,3-4,7,9H2,1-2H3/t10-/m0/s1. The Morgan fingerprint density at radius 3 is 2.76 bits per heavy atom. The highest BCUT2D eigenvalue weighted by Gasteiger charge is 2.30. The van der Waals surface area contributed by atoms with Gasteiger partial charge in [0.15, 0.2) is 0 Å². The Morgan fingerprint density at radius 1 is 1.33 bits per heavy atom. The highest BCUT2D eigenvalue weighted by atomic mass is 16.5. The van der Waals surface area contributed by atoms with E-state index in [2.05, 4.69) is 0 Å². The quantitative estimate of drug-likeness (QED) is 0.853. The van der Waals surface area contributed by atoms with Gasteiger partial charge in [0.05, 0.1) is 25.7 Å². The molecular formula is C15H19NO5. The van der Waals surface area contributed by atoms with E-state index in [1.54, 1.807) is 11.0 Å². The first-order chi connectivity index (χ1) is 10.1. The third kappa shape index (κ3) is 3.26. The van der Waals surface area contributed by atoms with E-state index < -0.39 is 0 Å². The molecule has 21 heavy (non-hydrogen) atoms. The summed E-state index contributed by atoms with van der Waals surface area (Å²) in [5, 5.41) is 9.86. The minimum absolute atomic E-state index is 0.0963. The number of likely N-dealkylation sites (tertiary alicyclic amines) is 1. The van der Waals surface area contributed by atoms with Crippen LogP contribution in [0.15, 0.2) is 18.2 Å². The maximum Gasteiger partial charge on any atom is 0.310 e. The van der Waals surface area contributed by atoms with Gasteiger partial charge < -0.3 is 19.5 Å². The number of carbonyl (C=O) groups is 2. The lowest BCUT2D eigenvalue weighted by Gasteiger charge is -2.31. The lowest BCUT2D eigenvalue weighted by Crippen LogP contribution is -2.42. The number of piperidine rings is 1. The summed E-state index contributed by atoms with van der Waals surface area (Å²) in [6, 6.07) is 4.51. The molecular weight excluding hydrogens is 274 g/mol. The lowest BCUT2D eigenvalue weighted by atomic mass is 9.97. The maximum absolute atomic E-state index is 12.5. The summed E-state index contributed by atoms with van der Waals surface area (Å²) in [6.45, 7) is 0.866. The van der Waals surface area contributed by atoms with E-state index in [1.165, 1.54) is 26.4 Å². The minimum Gasteiger partial charge on any atom is -0.507 e. The number of esters is 1. The molecule has 1 heterocycles. The fourth-order valence-corrected chi connectivity index (χ4v) is 2.50. The van der Waals surface area contributed by atoms with Crippen LogP contribution >= 0.6 is 0 Å². The molecule has 6 heteroatoms. The first-order valence-corrected chi connectivity index (χ1v) is 6.81. The van der Waals surface area contributed by atoms with Crippen molar-refractivity contribution in [3.63, 3.8) is 0 Å². The highest BCUT2D eigenvalue weighted by molar-refractivity contribution is 5.97. The summed E-state index contributed by atoms with van der Waals surface area (Å²) in [4.78, 5) is 25.7. The number of aromatic hydroxyl groups is 1. The van der Waals surface area contributed by atoms with Gasteiger partial charge in [-0.2, -0.15) is 0 Å². The van der Waals surface area contributed by atoms with Crippen LogP contribution in [0.25, 0.3) is 0 Å². The molecule has 0 bridgehead atoms. The molecule has 0 spiro atoms. The number of phenols is 1. The number of phenolic OH excluding ortho intramolecular Hbond substituents is 1. The summed E-state index contributed by atoms with van der Waals surface area (Å²) in [7, 11) is 2.84. The number of benzene rings is 1. The third-order valence-electron chi connectivity index (χ3n) is 3.68. The van der Waals surface area contributed by atoms with Gasteiger partial charge in [0.2, 0.25) is 0 Å². The highest BCUT2D eigenvalue weighted by Crippen LogP contribution is 2.26. The van der Waals surface area contributed by atoms with Gasteiger partial charge in [-0.1, -0.05) is 0 Å². The summed E-state index contributed by atoms with van der Waals surface area (Å²) in [5.41, 5.74) is 0.180. The first-order valence-electron chi connectivity index (χ1n) is 6.81. The second-order valence-corrected chi connectivity index (χ2v) is 5.00. The molecule has 1 aliphatic rings. The molecule has 1 aliphatic heterocycles. The molecule has 0 saturated carbocycles. The molecule has 0 aliphatic carbocycles. The molecule has 2 rings (SSSR count). The van der Waals surface area contributed by atoms with Crippen LogP contribution in [-0.4, -0.2) is 49.2 Å². The molecule has 1 saturated heterocycles. The van der Waals surface area contributed by atoms with Crippen LogP contribution < -0.4 is 4.74 Å². The molecule has 1 aromatic rings. The smallest absolute Gasteiger partial charge is 0.310 e. The summed E-state index contributed by atoms with van der Waals surface area (Å²) in [5.74, 6) is -0.513. The van der Waals surface area contributed by atoms with Crippen molar-refractivity contribution >= 4 is 11.9 Å². The van der Waals surface area contributed by atoms with Crippen LogP contribution in [0.2, 0.25) is 0 Å². The Hall–Kier alpha value is -2.24. The third-order valence-corrected chi connectivity index (χ3v) is 3.68. The second-order valence-electron chi connectivity index (χ2n) is 5.00. The van der Waals surface area contributed by atoms with Gasteiger partial charge in [-0.25, -0.2) is 0 Å². The SMILES string of the molecule is COC(=O)[C@H]1CCCN(C(=O)c2cc(OC)ccc2O)C1. The molecule has 1 amide bonds. The predicted molar refractivity (Wildman–Crippen MR) is 75.3 cm³/mol. The zero-order chi connectivity index (χ0) is 15.4. The molecule has 0 aromatic heterocycles. The van der Waals surface area contributed by atoms with Gasteiger partial charge in [-0.05, 0) is 31.0 Å². The van der Waals surface area contributed by atoms with Crippen LogP contribution in [0.4, 0.5) is 0 Å². The van der Waals surface area contributed by atoms with Crippen molar-refractivity contribution in [1.82, 2.24) is 4.90 Å². The average Bonchev–Trinajstić information content (AvgIpc) is 2.54. The average molecular weight is 293 g/mol. The van der Waals surface area contributed by atoms with Gasteiger partial charge in [-0.3, -0.25) is 9.59 Å². The van der Waals surface area contributed by atoms with Crippen LogP contribution in [-0.2, 0) is 9.53 Å². The predicted octanol–water partition coefficient (Wildman–Crippen LogP) is 1.43. The molecule has 1 atom stereocenters. The van der Waals surface area contributed by atoms with E-state index in [0.717, 1.165) is 6.42 Å². The molecule has 1 N–H and O–H groups in total. The fourth-order valence-electron chi connectivity index (χ4n) is 2.50. The summed E-state index contributed by atoms with van der Waals surface area (Å²) in [6.07, 6.45) is 1.44. The van der Waals surface area contributed by atoms with Crippen molar-refractivity contribution in [1.29, 1.82) is 0 Å². The number of carbonyl (C=O) groups excluding carboxylic acids is 2. The van der Waals surface area contributed by atoms with Gasteiger partial charge in [0.1, 0.15) is 11.5 Å². The maximum atomic E-state index is 12.5. The van der Waals surface area contributed by atoms with Crippen molar-refractivity contribution < 1.29 is 24.2 Å². The van der Waals surface area contributed by atoms with Crippen molar-refractivity contribution in [3.8, 4) is 11.5 Å². The Bertz CT molecular complexity index is 543. The first kappa shape index (κ1) is 15.2. The molecule has 1 aromatic carbocycles. The van der Waals surface area contributed by atoms with Crippen LogP contribution in [0, 0.1) is 5.92 Å². The van der Waals surface area contributed by atoms with Crippen molar-refractivity contribution in [2.45, 2.75) is 12.8 Å². The number of nitrogens with zero attached hydrogens (tertiary/aromatic N) is 1. The number of ether oxygens (including phenoxy) is 2. The van der Waals surface area contributed by atoms with E-state index in [9.17, 15) is 14.7 Å². The summed E-state index contributed by atoms with van der Waals surface area (Å²) < 4.78 is 9.81. The van der Waals surface area contributed by atoms with Gasteiger partial charge in [0, 0.05) is 13.1 Å². The Morgan fingerprint density at radius 2 is 2.10 bits per heavy atom. The van der Waals surface area contributed by atoms with Crippen molar-refractivity contribution in [2.75, 3.05) is 27.3 Å². The molecule has 0 radical (unpaired) electrons. The largest absolute Gasteiger partial charge is 0.507 e. The van der Waals surface area contributed by atoms with E-state index in [4.69, 9.17) is 9.47 Å². The van der Waals surface area contributed by atoms with Crippen LogP contribution in [0.3, 0.4) is 0 Å². The van der Waals surface area contributed by atoms with Crippen molar-refractivity contribution in [3.05, 3.63) is 23.8 Å². The topological polar surface area (TPSA) is 76.1 Å². The Balaban J connectivity index is 2.17. The Kier molecular flexibility index (Phi) is 4.67. The molecule has 1 fully saturated rings. The second kappa shape index (κ2) is 6.47. The van der Waals surface area contributed by atoms with Gasteiger partial charge in [0.25, 0.3) is 5.91 Å². The number of hydrogen-bond acceptors (Lipinski definition) is 5. The van der Waals surface area contributed by atoms with E-state index in [1.807, 2.05) is 0 Å². The monoisotopic (exact) mass is 293 g/mol. The molecule has 0 unspecified atom stereocenters. The zero-order valence-corrected chi connectivity index (χ0v) is 12.2. The minimum atomic E-state index is -0.306. The zero-order valence-electron chi connectivity index (χ0n) is 12.2. The van der Waals surface area contributed by atoms with Gasteiger partial charge in [-0.15, -0.1) is 0 Å². The van der Waals surface area contributed by atoms with E-state index in [0.29, 0.717) is 25.3 Å². The van der Waals surface area contributed by atoms with Crippen LogP contribution in [0.1, 0.15) is 23.2 Å². The van der Waals surface area contributed by atoms with Crippen molar-refractivity contribution in [2.24, 2.45) is 5.92 Å². The molecule has 114 valence electrons. The number of amides is 1.